The molecular weight excluding hydrogens is 211 g/mol. The van der Waals surface area contributed by atoms with Gasteiger partial charge in [0.2, 0.25) is 5.91 Å². The van der Waals surface area contributed by atoms with Crippen LogP contribution in [0.15, 0.2) is 4.74 Å². The first-order valence-corrected chi connectivity index (χ1v) is 6.57. The Labute approximate surface area is 93.3 Å². The molecule has 1 amide bonds. The minimum atomic E-state index is -2.01. The quantitative estimate of drug-likeness (QED) is 0.692. The fraction of sp³-hybridized carbons (Fsp3) is 0.889. The largest absolute Gasteiger partial charge is 0.273 e. The zero-order valence-corrected chi connectivity index (χ0v) is 11.7. The van der Waals surface area contributed by atoms with Crippen molar-refractivity contribution in [2.75, 3.05) is 42.3 Å². The van der Waals surface area contributed by atoms with Gasteiger partial charge in [0, 0.05) is 6.42 Å². The molecule has 90 valence electrons. The van der Waals surface area contributed by atoms with Crippen LogP contribution in [0.5, 0.6) is 0 Å². The van der Waals surface area contributed by atoms with Gasteiger partial charge in [-0.05, 0) is 42.3 Å². The van der Waals surface area contributed by atoms with Crippen LogP contribution in [-0.2, 0) is 4.79 Å². The Morgan fingerprint density at radius 3 is 1.53 bits per heavy atom. The highest BCUT2D eigenvalue weighted by molar-refractivity contribution is 7.59. The third kappa shape index (κ3) is 3.11. The topological polar surface area (TPSA) is 39.2 Å². The second kappa shape index (κ2) is 5.75. The highest BCUT2D eigenvalue weighted by atomic mass is 31.2. The highest BCUT2D eigenvalue weighted by Gasteiger charge is 2.29. The Morgan fingerprint density at radius 2 is 1.33 bits per heavy atom. The van der Waals surface area contributed by atoms with Crippen molar-refractivity contribution in [3.8, 4) is 0 Å². The molecule has 0 aliphatic rings. The predicted octanol–water partition coefficient (Wildman–Crippen LogP) is 1.55. The molecule has 0 aromatic carbocycles. The van der Waals surface area contributed by atoms with Crippen LogP contribution < -0.4 is 0 Å². The summed E-state index contributed by atoms with van der Waals surface area (Å²) in [4.78, 5) is 11.5. The molecule has 0 aromatic rings. The van der Waals surface area contributed by atoms with Gasteiger partial charge < -0.3 is 0 Å². The van der Waals surface area contributed by atoms with E-state index >= 15 is 0 Å². The van der Waals surface area contributed by atoms with E-state index in [9.17, 15) is 4.79 Å². The molecule has 0 unspecified atom stereocenters. The van der Waals surface area contributed by atoms with E-state index in [1.165, 1.54) is 0 Å². The summed E-state index contributed by atoms with van der Waals surface area (Å²) < 4.78 is 10.5. The van der Waals surface area contributed by atoms with E-state index in [-0.39, 0.29) is 5.91 Å². The van der Waals surface area contributed by atoms with Crippen LogP contribution in [-0.4, -0.2) is 62.2 Å². The van der Waals surface area contributed by atoms with Gasteiger partial charge in [-0.3, -0.25) is 18.8 Å². The second-order valence-corrected chi connectivity index (χ2v) is 7.60. The van der Waals surface area contributed by atoms with E-state index in [4.69, 9.17) is 0 Å². The normalized spacial score (nSPS) is 12.7. The molecule has 0 aliphatic carbocycles. The zero-order valence-electron chi connectivity index (χ0n) is 10.9. The number of carbonyl (C=O) groups excluding carboxylic acids is 1. The molecule has 0 spiro atoms. The average molecular weight is 234 g/mol. The Bertz CT molecular complexity index is 245. The van der Waals surface area contributed by atoms with Crippen molar-refractivity contribution in [2.45, 2.75) is 13.3 Å². The third-order valence-corrected chi connectivity index (χ3v) is 5.87. The van der Waals surface area contributed by atoms with Crippen LogP contribution in [0.25, 0.3) is 0 Å². The van der Waals surface area contributed by atoms with E-state index in [0.717, 1.165) is 0 Å². The Balaban J connectivity index is 5.53. The van der Waals surface area contributed by atoms with Crippen molar-refractivity contribution in [1.82, 2.24) is 14.0 Å². The molecule has 0 bridgehead atoms. The van der Waals surface area contributed by atoms with Crippen molar-refractivity contribution in [3.05, 3.63) is 0 Å². The summed E-state index contributed by atoms with van der Waals surface area (Å²) in [7, 11) is 9.74. The molecule has 0 heterocycles. The van der Waals surface area contributed by atoms with Gasteiger partial charge in [-0.15, -0.1) is 0 Å². The molecule has 0 N–H and O–H groups in total. The summed E-state index contributed by atoms with van der Waals surface area (Å²) in [5.41, 5.74) is 0. The lowest BCUT2D eigenvalue weighted by Gasteiger charge is -2.40. The lowest BCUT2D eigenvalue weighted by atomic mass is 10.5. The predicted molar refractivity (Wildman–Crippen MR) is 65.7 cm³/mol. The molecule has 6 heteroatoms. The Hall–Kier alpha value is -0.220. The third-order valence-electron chi connectivity index (χ3n) is 2.16. The Morgan fingerprint density at radius 1 is 1.00 bits per heavy atom. The molecule has 0 aliphatic heterocycles. The van der Waals surface area contributed by atoms with Crippen LogP contribution in [0, 0.1) is 0 Å². The maximum Gasteiger partial charge on any atom is 0.247 e. The molecule has 0 atom stereocenters. The standard InChI is InChI=1S/C9H23N4OP/c1-8-9(14)10-15(11(2)3,12(4)5)13(6)7/h8H2,1-7H3. The minimum Gasteiger partial charge on any atom is -0.273 e. The number of hydrogen-bond acceptors (Lipinski definition) is 1. The monoisotopic (exact) mass is 234 g/mol. The van der Waals surface area contributed by atoms with Gasteiger partial charge in [0.1, 0.15) is 0 Å². The van der Waals surface area contributed by atoms with Crippen molar-refractivity contribution in [2.24, 2.45) is 4.74 Å². The zero-order chi connectivity index (χ0) is 12.2. The van der Waals surface area contributed by atoms with Crippen molar-refractivity contribution in [1.29, 1.82) is 0 Å². The average Bonchev–Trinajstić information content (AvgIpc) is 2.11. The minimum absolute atomic E-state index is 0.0422. The molecule has 0 saturated heterocycles. The Kier molecular flexibility index (Phi) is 5.67. The first-order chi connectivity index (χ1) is 6.78. The maximum atomic E-state index is 11.5. The van der Waals surface area contributed by atoms with Gasteiger partial charge in [0.05, 0.1) is 0 Å². The highest BCUT2D eigenvalue weighted by Crippen LogP contribution is 2.54. The number of carbonyl (C=O) groups is 1. The number of hydrogen-bond donors (Lipinski definition) is 0. The van der Waals surface area contributed by atoms with Crippen LogP contribution >= 0.6 is 7.51 Å². The summed E-state index contributed by atoms with van der Waals surface area (Å²) in [5, 5.41) is 0. The SMILES string of the molecule is CCC(=O)N=P(N(C)C)(N(C)C)N(C)C. The lowest BCUT2D eigenvalue weighted by Crippen LogP contribution is -2.31. The van der Waals surface area contributed by atoms with Gasteiger partial charge in [-0.1, -0.05) is 6.92 Å². The van der Waals surface area contributed by atoms with Gasteiger partial charge in [0.15, 0.2) is 7.51 Å². The molecule has 15 heavy (non-hydrogen) atoms. The van der Waals surface area contributed by atoms with E-state index in [0.29, 0.717) is 6.42 Å². The number of amides is 1. The summed E-state index contributed by atoms with van der Waals surface area (Å²) in [5.74, 6) is -0.0422. The molecule has 0 rings (SSSR count). The van der Waals surface area contributed by atoms with Crippen molar-refractivity contribution >= 4 is 13.4 Å². The number of nitrogens with zero attached hydrogens (tertiary/aromatic N) is 4. The van der Waals surface area contributed by atoms with Crippen LogP contribution in [0.4, 0.5) is 0 Å². The molecule has 0 saturated carbocycles. The summed E-state index contributed by atoms with van der Waals surface area (Å²) in [6, 6.07) is 0. The van der Waals surface area contributed by atoms with Crippen molar-refractivity contribution < 1.29 is 4.79 Å². The molecule has 5 nitrogen and oxygen atoms in total. The van der Waals surface area contributed by atoms with Crippen LogP contribution in [0.3, 0.4) is 0 Å². The molecule has 0 fully saturated rings. The number of rotatable bonds is 4. The second-order valence-electron chi connectivity index (χ2n) is 3.93. The molecule has 0 radical (unpaired) electrons. The maximum absolute atomic E-state index is 11.5. The van der Waals surface area contributed by atoms with Gasteiger partial charge in [-0.2, -0.15) is 4.74 Å². The summed E-state index contributed by atoms with van der Waals surface area (Å²) >= 11 is 0. The van der Waals surface area contributed by atoms with Crippen LogP contribution in [0.2, 0.25) is 0 Å². The fourth-order valence-corrected chi connectivity index (χ4v) is 4.69. The first-order valence-electron chi connectivity index (χ1n) is 4.97. The van der Waals surface area contributed by atoms with E-state index in [1.54, 1.807) is 0 Å². The van der Waals surface area contributed by atoms with Gasteiger partial charge in [-0.25, -0.2) is 0 Å². The smallest absolute Gasteiger partial charge is 0.247 e. The molecular formula is C9H23N4OP. The van der Waals surface area contributed by atoms with Crippen molar-refractivity contribution in [3.63, 3.8) is 0 Å². The summed E-state index contributed by atoms with van der Waals surface area (Å²) in [6.45, 7) is 1.83. The van der Waals surface area contributed by atoms with E-state index in [1.807, 2.05) is 63.2 Å². The van der Waals surface area contributed by atoms with Crippen LogP contribution in [0.1, 0.15) is 13.3 Å². The lowest BCUT2D eigenvalue weighted by molar-refractivity contribution is -0.117. The first kappa shape index (κ1) is 14.8. The van der Waals surface area contributed by atoms with Gasteiger partial charge >= 0.3 is 0 Å². The molecule has 0 aromatic heterocycles. The van der Waals surface area contributed by atoms with E-state index < -0.39 is 7.51 Å². The van der Waals surface area contributed by atoms with Gasteiger partial charge in [0.25, 0.3) is 0 Å². The summed E-state index contributed by atoms with van der Waals surface area (Å²) in [6.07, 6.45) is 0.456. The fourth-order valence-electron chi connectivity index (χ4n) is 1.56. The van der Waals surface area contributed by atoms with E-state index in [2.05, 4.69) is 4.74 Å².